The van der Waals surface area contributed by atoms with Gasteiger partial charge in [0.25, 0.3) is 0 Å². The van der Waals surface area contributed by atoms with Crippen LogP contribution in [0.3, 0.4) is 0 Å². The number of nitrogens with one attached hydrogen (secondary N) is 1. The second-order valence-corrected chi connectivity index (χ2v) is 7.22. The van der Waals surface area contributed by atoms with Gasteiger partial charge in [0, 0.05) is 24.5 Å². The number of rotatable bonds is 4. The van der Waals surface area contributed by atoms with E-state index >= 15 is 0 Å². The van der Waals surface area contributed by atoms with E-state index in [0.717, 1.165) is 30.4 Å². The normalized spacial score (nSPS) is 17.3. The van der Waals surface area contributed by atoms with Crippen LogP contribution in [-0.4, -0.2) is 27.9 Å². The Morgan fingerprint density at radius 2 is 1.92 bits per heavy atom. The number of piperidine rings is 1. The van der Waals surface area contributed by atoms with E-state index < -0.39 is 0 Å². The van der Waals surface area contributed by atoms with Crippen molar-refractivity contribution in [2.45, 2.75) is 26.7 Å². The summed E-state index contributed by atoms with van der Waals surface area (Å²) in [6, 6.07) is 16.6. The van der Waals surface area contributed by atoms with Crippen LogP contribution in [0, 0.1) is 12.8 Å². The molecule has 1 aromatic heterocycles. The Bertz CT molecular complexity index is 871. The minimum atomic E-state index is 0.609. The Kier molecular flexibility index (Phi) is 4.61. The van der Waals surface area contributed by atoms with E-state index in [0.29, 0.717) is 5.95 Å². The summed E-state index contributed by atoms with van der Waals surface area (Å²) in [6.45, 7) is 6.73. The van der Waals surface area contributed by atoms with Crippen LogP contribution in [0.25, 0.3) is 5.69 Å². The Balaban J connectivity index is 1.54. The van der Waals surface area contributed by atoms with Crippen molar-refractivity contribution in [3.8, 4) is 5.69 Å². The molecule has 1 fully saturated rings. The second-order valence-electron chi connectivity index (χ2n) is 7.22. The van der Waals surface area contributed by atoms with Gasteiger partial charge < -0.3 is 10.2 Å². The fourth-order valence-corrected chi connectivity index (χ4v) is 3.60. The lowest BCUT2D eigenvalue weighted by molar-refractivity contribution is 0.447. The molecule has 1 saturated heterocycles. The number of nitrogens with zero attached hydrogens (tertiary/aromatic N) is 4. The molecule has 0 bridgehead atoms. The molecule has 1 unspecified atom stereocenters. The first kappa shape index (κ1) is 16.6. The van der Waals surface area contributed by atoms with Gasteiger partial charge in [-0.1, -0.05) is 25.1 Å². The first-order valence-corrected chi connectivity index (χ1v) is 9.28. The highest BCUT2D eigenvalue weighted by atomic mass is 15.4. The predicted octanol–water partition coefficient (Wildman–Crippen LogP) is 4.56. The van der Waals surface area contributed by atoms with E-state index in [9.17, 15) is 0 Å². The van der Waals surface area contributed by atoms with Gasteiger partial charge in [-0.15, -0.1) is 5.10 Å². The SMILES string of the molecule is Cc1cc(Nc2ncn(-c3ccccc3)n2)cc(N2CCCC(C)C2)c1. The molecule has 1 aliphatic rings. The maximum absolute atomic E-state index is 4.54. The van der Waals surface area contributed by atoms with Crippen molar-refractivity contribution in [3.05, 3.63) is 60.4 Å². The number of hydrogen-bond donors (Lipinski definition) is 1. The third-order valence-corrected chi connectivity index (χ3v) is 4.85. The van der Waals surface area contributed by atoms with Gasteiger partial charge in [-0.25, -0.2) is 4.68 Å². The third kappa shape index (κ3) is 3.72. The molecule has 0 radical (unpaired) electrons. The lowest BCUT2D eigenvalue weighted by atomic mass is 9.99. The Morgan fingerprint density at radius 3 is 2.73 bits per heavy atom. The van der Waals surface area contributed by atoms with Crippen LogP contribution in [0.2, 0.25) is 0 Å². The fraction of sp³-hybridized carbons (Fsp3) is 0.333. The molecule has 3 aromatic rings. The standard InChI is InChI=1S/C21H25N5/c1-16-7-6-10-25(14-16)20-12-17(2)11-18(13-20)23-21-22-15-26(24-21)19-8-4-3-5-9-19/h3-5,8-9,11-13,15-16H,6-7,10,14H2,1-2H3,(H,23,24). The minimum absolute atomic E-state index is 0.609. The van der Waals surface area contributed by atoms with Crippen LogP contribution in [0.5, 0.6) is 0 Å². The van der Waals surface area contributed by atoms with Crippen molar-refractivity contribution in [3.63, 3.8) is 0 Å². The van der Waals surface area contributed by atoms with Crippen molar-refractivity contribution in [1.29, 1.82) is 0 Å². The maximum atomic E-state index is 4.54. The molecule has 2 aromatic carbocycles. The van der Waals surface area contributed by atoms with E-state index in [2.05, 4.69) is 52.3 Å². The monoisotopic (exact) mass is 347 g/mol. The number of anilines is 3. The first-order chi connectivity index (χ1) is 12.7. The van der Waals surface area contributed by atoms with Crippen LogP contribution < -0.4 is 10.2 Å². The van der Waals surface area contributed by atoms with Crippen LogP contribution in [0.4, 0.5) is 17.3 Å². The third-order valence-electron chi connectivity index (χ3n) is 4.85. The topological polar surface area (TPSA) is 46.0 Å². The average molecular weight is 347 g/mol. The van der Waals surface area contributed by atoms with Crippen molar-refractivity contribution < 1.29 is 0 Å². The van der Waals surface area contributed by atoms with Crippen molar-refractivity contribution in [1.82, 2.24) is 14.8 Å². The number of benzene rings is 2. The van der Waals surface area contributed by atoms with Gasteiger partial charge in [0.05, 0.1) is 5.69 Å². The summed E-state index contributed by atoms with van der Waals surface area (Å²) in [5.74, 6) is 1.36. The minimum Gasteiger partial charge on any atom is -0.371 e. The molecular formula is C21H25N5. The van der Waals surface area contributed by atoms with Crippen molar-refractivity contribution in [2.75, 3.05) is 23.3 Å². The van der Waals surface area contributed by atoms with E-state index in [1.54, 1.807) is 11.0 Å². The molecule has 4 rings (SSSR count). The van der Waals surface area contributed by atoms with Gasteiger partial charge in [-0.3, -0.25) is 0 Å². The van der Waals surface area contributed by atoms with E-state index in [1.165, 1.54) is 24.1 Å². The predicted molar refractivity (Wildman–Crippen MR) is 106 cm³/mol. The number of aromatic nitrogens is 3. The zero-order chi connectivity index (χ0) is 17.9. The van der Waals surface area contributed by atoms with Gasteiger partial charge in [0.2, 0.25) is 5.95 Å². The second kappa shape index (κ2) is 7.20. The summed E-state index contributed by atoms with van der Waals surface area (Å²) in [5.41, 5.74) is 4.55. The molecule has 0 amide bonds. The van der Waals surface area contributed by atoms with Crippen LogP contribution >= 0.6 is 0 Å². The molecule has 2 heterocycles. The molecule has 1 aliphatic heterocycles. The highest BCUT2D eigenvalue weighted by Gasteiger charge is 2.17. The molecule has 26 heavy (non-hydrogen) atoms. The average Bonchev–Trinajstić information content (AvgIpc) is 3.10. The molecular weight excluding hydrogens is 322 g/mol. The Labute approximate surface area is 154 Å². The van der Waals surface area contributed by atoms with E-state index in [1.807, 2.05) is 30.3 Å². The highest BCUT2D eigenvalue weighted by molar-refractivity contribution is 5.64. The fourth-order valence-electron chi connectivity index (χ4n) is 3.60. The summed E-state index contributed by atoms with van der Waals surface area (Å²) < 4.78 is 1.78. The van der Waals surface area contributed by atoms with Crippen molar-refractivity contribution in [2.24, 2.45) is 5.92 Å². The Morgan fingerprint density at radius 1 is 1.08 bits per heavy atom. The number of aryl methyl sites for hydroxylation is 1. The van der Waals surface area contributed by atoms with Crippen molar-refractivity contribution >= 4 is 17.3 Å². The number of hydrogen-bond acceptors (Lipinski definition) is 4. The van der Waals surface area contributed by atoms with Gasteiger partial charge in [-0.05, 0) is 61.6 Å². The molecule has 5 heteroatoms. The summed E-state index contributed by atoms with van der Waals surface area (Å²) in [6.07, 6.45) is 4.33. The molecule has 134 valence electrons. The highest BCUT2D eigenvalue weighted by Crippen LogP contribution is 2.28. The summed E-state index contributed by atoms with van der Waals surface area (Å²) >= 11 is 0. The summed E-state index contributed by atoms with van der Waals surface area (Å²) in [7, 11) is 0. The molecule has 0 spiro atoms. The van der Waals surface area contributed by atoms with E-state index in [-0.39, 0.29) is 0 Å². The molecule has 5 nitrogen and oxygen atoms in total. The largest absolute Gasteiger partial charge is 0.371 e. The van der Waals surface area contributed by atoms with Gasteiger partial charge in [0.15, 0.2) is 0 Å². The molecule has 0 aliphatic carbocycles. The maximum Gasteiger partial charge on any atom is 0.246 e. The summed E-state index contributed by atoms with van der Waals surface area (Å²) in [4.78, 5) is 6.89. The lowest BCUT2D eigenvalue weighted by Gasteiger charge is -2.33. The van der Waals surface area contributed by atoms with Crippen LogP contribution in [-0.2, 0) is 0 Å². The lowest BCUT2D eigenvalue weighted by Crippen LogP contribution is -2.34. The number of para-hydroxylation sites is 1. The molecule has 0 saturated carbocycles. The molecule has 1 atom stereocenters. The zero-order valence-corrected chi connectivity index (χ0v) is 15.4. The zero-order valence-electron chi connectivity index (χ0n) is 15.4. The Hall–Kier alpha value is -2.82. The van der Waals surface area contributed by atoms with Crippen LogP contribution in [0.15, 0.2) is 54.9 Å². The van der Waals surface area contributed by atoms with Gasteiger partial charge >= 0.3 is 0 Å². The van der Waals surface area contributed by atoms with Gasteiger partial charge in [-0.2, -0.15) is 4.98 Å². The molecule has 1 N–H and O–H groups in total. The smallest absolute Gasteiger partial charge is 0.246 e. The first-order valence-electron chi connectivity index (χ1n) is 9.28. The van der Waals surface area contributed by atoms with Crippen LogP contribution in [0.1, 0.15) is 25.3 Å². The summed E-state index contributed by atoms with van der Waals surface area (Å²) in [5, 5.41) is 7.90. The van der Waals surface area contributed by atoms with E-state index in [4.69, 9.17) is 0 Å². The van der Waals surface area contributed by atoms with Gasteiger partial charge in [0.1, 0.15) is 6.33 Å². The quantitative estimate of drug-likeness (QED) is 0.752.